The van der Waals surface area contributed by atoms with E-state index in [1.807, 2.05) is 37.3 Å². The molecule has 26 heavy (non-hydrogen) atoms. The minimum absolute atomic E-state index is 0.0485. The van der Waals surface area contributed by atoms with Crippen LogP contribution in [0.25, 0.3) is 0 Å². The number of hydrogen-bond donors (Lipinski definition) is 1. The highest BCUT2D eigenvalue weighted by Crippen LogP contribution is 2.29. The summed E-state index contributed by atoms with van der Waals surface area (Å²) in [6.07, 6.45) is 1.42. The topological polar surface area (TPSA) is 81.2 Å². The van der Waals surface area contributed by atoms with Crippen molar-refractivity contribution in [2.45, 2.75) is 25.3 Å². The van der Waals surface area contributed by atoms with Crippen LogP contribution in [-0.4, -0.2) is 18.4 Å². The van der Waals surface area contributed by atoms with Crippen molar-refractivity contribution in [1.29, 1.82) is 0 Å². The smallest absolute Gasteiger partial charge is 0.264 e. The molecule has 0 amide bonds. The van der Waals surface area contributed by atoms with Crippen LogP contribution in [0.3, 0.4) is 0 Å². The van der Waals surface area contributed by atoms with Gasteiger partial charge in [-0.1, -0.05) is 30.3 Å². The second-order valence-electron chi connectivity index (χ2n) is 5.50. The van der Waals surface area contributed by atoms with E-state index in [9.17, 15) is 8.42 Å². The molecule has 1 aromatic carbocycles. The minimum Gasteiger partial charge on any atom is -0.470 e. The molecule has 0 saturated heterocycles. The number of benzene rings is 1. The molecular formula is C17H16BrN3O3S2. The van der Waals surface area contributed by atoms with Crippen molar-refractivity contribution in [1.82, 2.24) is 9.97 Å². The Hall–Kier alpha value is -1.97. The van der Waals surface area contributed by atoms with Gasteiger partial charge in [-0.15, -0.1) is 11.3 Å². The summed E-state index contributed by atoms with van der Waals surface area (Å²) in [6, 6.07) is 11.2. The Labute approximate surface area is 164 Å². The lowest BCUT2D eigenvalue weighted by atomic mass is 10.2. The van der Waals surface area contributed by atoms with Gasteiger partial charge in [0.05, 0.1) is 6.20 Å². The van der Waals surface area contributed by atoms with Crippen LogP contribution in [0.1, 0.15) is 15.3 Å². The first-order valence-corrected chi connectivity index (χ1v) is 10.7. The monoisotopic (exact) mass is 453 g/mol. The summed E-state index contributed by atoms with van der Waals surface area (Å²) < 4.78 is 34.0. The maximum atomic E-state index is 12.7. The van der Waals surface area contributed by atoms with Crippen LogP contribution in [0, 0.1) is 13.8 Å². The summed E-state index contributed by atoms with van der Waals surface area (Å²) >= 11 is 4.66. The Morgan fingerprint density at radius 1 is 1.23 bits per heavy atom. The van der Waals surface area contributed by atoms with E-state index < -0.39 is 10.0 Å². The van der Waals surface area contributed by atoms with Crippen LogP contribution < -0.4 is 9.46 Å². The van der Waals surface area contributed by atoms with Crippen molar-refractivity contribution in [3.8, 4) is 5.88 Å². The van der Waals surface area contributed by atoms with Crippen molar-refractivity contribution in [3.63, 3.8) is 0 Å². The number of aromatic nitrogens is 2. The van der Waals surface area contributed by atoms with E-state index in [0.717, 1.165) is 10.4 Å². The Kier molecular flexibility index (Phi) is 5.59. The van der Waals surface area contributed by atoms with Crippen LogP contribution in [-0.2, 0) is 16.6 Å². The molecule has 0 atom stereocenters. The molecule has 0 radical (unpaired) electrons. The van der Waals surface area contributed by atoms with Gasteiger partial charge < -0.3 is 4.74 Å². The number of rotatable bonds is 6. The Morgan fingerprint density at radius 2 is 1.96 bits per heavy atom. The van der Waals surface area contributed by atoms with Crippen molar-refractivity contribution >= 4 is 43.1 Å². The summed E-state index contributed by atoms with van der Waals surface area (Å²) in [7, 11) is -3.78. The molecule has 9 heteroatoms. The van der Waals surface area contributed by atoms with E-state index >= 15 is 0 Å². The Bertz CT molecular complexity index is 1020. The summed E-state index contributed by atoms with van der Waals surface area (Å²) in [5.74, 6) is 0.156. The number of hydrogen-bond acceptors (Lipinski definition) is 6. The highest BCUT2D eigenvalue weighted by atomic mass is 79.9. The summed E-state index contributed by atoms with van der Waals surface area (Å²) in [6.45, 7) is 3.88. The van der Waals surface area contributed by atoms with Crippen molar-refractivity contribution in [2.24, 2.45) is 0 Å². The van der Waals surface area contributed by atoms with Gasteiger partial charge in [0.25, 0.3) is 15.9 Å². The van der Waals surface area contributed by atoms with Gasteiger partial charge in [-0.3, -0.25) is 4.72 Å². The molecule has 1 N–H and O–H groups in total. The number of ether oxygens (including phenoxy) is 1. The third kappa shape index (κ3) is 4.40. The van der Waals surface area contributed by atoms with Crippen LogP contribution in [0.4, 0.5) is 5.82 Å². The lowest BCUT2D eigenvalue weighted by Crippen LogP contribution is -2.15. The first kappa shape index (κ1) is 18.8. The number of nitrogens with zero attached hydrogens (tertiary/aromatic N) is 2. The minimum atomic E-state index is -3.78. The lowest BCUT2D eigenvalue weighted by molar-refractivity contribution is 0.294. The average Bonchev–Trinajstić information content (AvgIpc) is 2.95. The molecule has 0 bridgehead atoms. The van der Waals surface area contributed by atoms with Gasteiger partial charge in [-0.25, -0.2) is 18.4 Å². The van der Waals surface area contributed by atoms with E-state index in [2.05, 4.69) is 30.6 Å². The largest absolute Gasteiger partial charge is 0.470 e. The fourth-order valence-corrected chi connectivity index (χ4v) is 5.13. The number of sulfonamides is 1. The number of nitrogens with one attached hydrogen (secondary N) is 1. The van der Waals surface area contributed by atoms with Crippen molar-refractivity contribution in [2.75, 3.05) is 4.72 Å². The number of halogens is 1. The molecule has 3 aromatic rings. The fraction of sp³-hybridized carbons (Fsp3) is 0.176. The van der Waals surface area contributed by atoms with E-state index in [-0.39, 0.29) is 23.2 Å². The number of thiophene rings is 1. The zero-order valence-electron chi connectivity index (χ0n) is 14.1. The molecule has 2 heterocycles. The molecule has 136 valence electrons. The first-order chi connectivity index (χ1) is 12.3. The standard InChI is InChI=1S/C17H16BrN3O3S2/c1-11-8-14(12(2)25-11)26(22,23)21-16-17(20-15(18)9-19-16)24-10-13-6-4-3-5-7-13/h3-9H,10H2,1-2H3,(H,19,21). The van der Waals surface area contributed by atoms with Crippen molar-refractivity contribution < 1.29 is 13.2 Å². The zero-order chi connectivity index (χ0) is 18.7. The maximum Gasteiger partial charge on any atom is 0.264 e. The molecule has 6 nitrogen and oxygen atoms in total. The van der Waals surface area contributed by atoms with Crippen LogP contribution >= 0.6 is 27.3 Å². The average molecular weight is 454 g/mol. The molecule has 0 aliphatic heterocycles. The normalized spacial score (nSPS) is 11.3. The quantitative estimate of drug-likeness (QED) is 0.601. The molecule has 0 fully saturated rings. The SMILES string of the molecule is Cc1cc(S(=O)(=O)Nc2ncc(Br)nc2OCc2ccccc2)c(C)s1. The third-order valence-electron chi connectivity index (χ3n) is 3.45. The molecule has 0 aliphatic rings. The van der Waals surface area contributed by atoms with Crippen LogP contribution in [0.5, 0.6) is 5.88 Å². The Balaban J connectivity index is 1.87. The van der Waals surface area contributed by atoms with Gasteiger partial charge in [0.15, 0.2) is 0 Å². The second kappa shape index (κ2) is 7.73. The molecule has 0 saturated carbocycles. The number of anilines is 1. The second-order valence-corrected chi connectivity index (χ2v) is 9.43. The van der Waals surface area contributed by atoms with Gasteiger partial charge >= 0.3 is 0 Å². The summed E-state index contributed by atoms with van der Waals surface area (Å²) in [5, 5.41) is 0. The van der Waals surface area contributed by atoms with Gasteiger partial charge in [0.1, 0.15) is 16.1 Å². The predicted molar refractivity (Wildman–Crippen MR) is 105 cm³/mol. The number of aryl methyl sites for hydroxylation is 2. The summed E-state index contributed by atoms with van der Waals surface area (Å²) in [5.41, 5.74) is 0.937. The van der Waals surface area contributed by atoms with Crippen LogP contribution in [0.15, 0.2) is 52.1 Å². The van der Waals surface area contributed by atoms with E-state index in [1.54, 1.807) is 13.0 Å². The van der Waals surface area contributed by atoms with Gasteiger partial charge in [0, 0.05) is 9.75 Å². The molecule has 2 aromatic heterocycles. The van der Waals surface area contributed by atoms with Crippen LogP contribution in [0.2, 0.25) is 0 Å². The fourth-order valence-electron chi connectivity index (χ4n) is 2.30. The van der Waals surface area contributed by atoms with Gasteiger partial charge in [-0.2, -0.15) is 0 Å². The molecular weight excluding hydrogens is 438 g/mol. The lowest BCUT2D eigenvalue weighted by Gasteiger charge is -2.12. The van der Waals surface area contributed by atoms with Gasteiger partial charge in [-0.05, 0) is 41.4 Å². The maximum absolute atomic E-state index is 12.7. The van der Waals surface area contributed by atoms with E-state index in [0.29, 0.717) is 9.48 Å². The van der Waals surface area contributed by atoms with Crippen molar-refractivity contribution in [3.05, 3.63) is 62.5 Å². The summed E-state index contributed by atoms with van der Waals surface area (Å²) in [4.78, 5) is 10.2. The highest BCUT2D eigenvalue weighted by molar-refractivity contribution is 9.10. The predicted octanol–water partition coefficient (Wildman–Crippen LogP) is 4.30. The molecule has 0 aliphatic carbocycles. The molecule has 0 unspecified atom stereocenters. The molecule has 3 rings (SSSR count). The van der Waals surface area contributed by atoms with E-state index in [1.165, 1.54) is 17.5 Å². The van der Waals surface area contributed by atoms with Gasteiger partial charge in [0.2, 0.25) is 5.82 Å². The van der Waals surface area contributed by atoms with E-state index in [4.69, 9.17) is 4.74 Å². The zero-order valence-corrected chi connectivity index (χ0v) is 17.3. The highest BCUT2D eigenvalue weighted by Gasteiger charge is 2.22. The third-order valence-corrected chi connectivity index (χ3v) is 6.39. The first-order valence-electron chi connectivity index (χ1n) is 7.64. The molecule has 0 spiro atoms. The Morgan fingerprint density at radius 3 is 2.62 bits per heavy atom.